The van der Waals surface area contributed by atoms with E-state index in [4.69, 9.17) is 13.9 Å². The third-order valence-corrected chi connectivity index (χ3v) is 2.24. The molecule has 1 heterocycles. The van der Waals surface area contributed by atoms with E-state index in [1.807, 2.05) is 24.3 Å². The number of hydrogen-bond acceptors (Lipinski definition) is 4. The van der Waals surface area contributed by atoms with Gasteiger partial charge >= 0.3 is 0 Å². The van der Waals surface area contributed by atoms with Crippen LogP contribution in [0.4, 0.5) is 0 Å². The van der Waals surface area contributed by atoms with Crippen molar-refractivity contribution in [3.05, 3.63) is 47.9 Å². The summed E-state index contributed by atoms with van der Waals surface area (Å²) in [6.07, 6.45) is 0.664. The third-order valence-electron chi connectivity index (χ3n) is 2.24. The van der Waals surface area contributed by atoms with Gasteiger partial charge in [-0.2, -0.15) is 0 Å². The molecule has 1 aromatic carbocycles. The Morgan fingerprint density at radius 3 is 2.41 bits per heavy atom. The molecular formula is C13H12O4. The number of rotatable bonds is 5. The molecule has 0 aliphatic carbocycles. The van der Waals surface area contributed by atoms with Gasteiger partial charge in [-0.1, -0.05) is 0 Å². The van der Waals surface area contributed by atoms with Crippen LogP contribution >= 0.6 is 0 Å². The Labute approximate surface area is 98.8 Å². The zero-order chi connectivity index (χ0) is 12.1. The molecule has 0 atom stereocenters. The summed E-state index contributed by atoms with van der Waals surface area (Å²) in [7, 11) is 1.61. The molecule has 17 heavy (non-hydrogen) atoms. The highest BCUT2D eigenvalue weighted by Crippen LogP contribution is 2.18. The van der Waals surface area contributed by atoms with E-state index in [-0.39, 0.29) is 0 Å². The molecule has 0 saturated heterocycles. The van der Waals surface area contributed by atoms with Crippen LogP contribution in [0, 0.1) is 0 Å². The van der Waals surface area contributed by atoms with Crippen LogP contribution in [0.5, 0.6) is 11.5 Å². The SMILES string of the molecule is COc1ccc(OCc2ccc(C=O)o2)cc1. The fourth-order valence-corrected chi connectivity index (χ4v) is 1.36. The summed E-state index contributed by atoms with van der Waals surface area (Å²) in [5.41, 5.74) is 0. The van der Waals surface area contributed by atoms with Crippen molar-refractivity contribution in [3.8, 4) is 11.5 Å². The van der Waals surface area contributed by atoms with E-state index < -0.39 is 0 Å². The zero-order valence-electron chi connectivity index (χ0n) is 9.38. The van der Waals surface area contributed by atoms with Crippen molar-refractivity contribution in [2.75, 3.05) is 7.11 Å². The van der Waals surface area contributed by atoms with Gasteiger partial charge in [0.15, 0.2) is 12.0 Å². The molecule has 4 nitrogen and oxygen atoms in total. The molecule has 0 saturated carbocycles. The number of carbonyl (C=O) groups is 1. The van der Waals surface area contributed by atoms with Crippen LogP contribution in [0.3, 0.4) is 0 Å². The number of aldehydes is 1. The van der Waals surface area contributed by atoms with Crippen LogP contribution in [0.15, 0.2) is 40.8 Å². The molecule has 0 bridgehead atoms. The van der Waals surface area contributed by atoms with Crippen LogP contribution in [0.25, 0.3) is 0 Å². The predicted octanol–water partition coefficient (Wildman–Crippen LogP) is 2.68. The van der Waals surface area contributed by atoms with Gasteiger partial charge in [0.25, 0.3) is 0 Å². The van der Waals surface area contributed by atoms with Crippen LogP contribution in [0.2, 0.25) is 0 Å². The Morgan fingerprint density at radius 2 is 1.82 bits per heavy atom. The second kappa shape index (κ2) is 5.21. The summed E-state index contributed by atoms with van der Waals surface area (Å²) in [4.78, 5) is 10.4. The van der Waals surface area contributed by atoms with Crippen molar-refractivity contribution in [2.24, 2.45) is 0 Å². The maximum atomic E-state index is 10.4. The van der Waals surface area contributed by atoms with Crippen LogP contribution in [-0.2, 0) is 6.61 Å². The maximum absolute atomic E-state index is 10.4. The maximum Gasteiger partial charge on any atom is 0.185 e. The van der Waals surface area contributed by atoms with Gasteiger partial charge in [-0.25, -0.2) is 0 Å². The standard InChI is InChI=1S/C13H12O4/c1-15-10-2-4-11(5-3-10)16-9-13-7-6-12(8-14)17-13/h2-8H,9H2,1H3. The van der Waals surface area contributed by atoms with Gasteiger partial charge in [0.05, 0.1) is 7.11 Å². The molecule has 0 unspecified atom stereocenters. The number of benzene rings is 1. The quantitative estimate of drug-likeness (QED) is 0.743. The summed E-state index contributed by atoms with van der Waals surface area (Å²) < 4.78 is 15.7. The second-order valence-electron chi connectivity index (χ2n) is 3.39. The van der Waals surface area contributed by atoms with Crippen LogP contribution in [-0.4, -0.2) is 13.4 Å². The highest BCUT2D eigenvalue weighted by atomic mass is 16.5. The largest absolute Gasteiger partial charge is 0.497 e. The van der Waals surface area contributed by atoms with Gasteiger partial charge < -0.3 is 13.9 Å². The van der Waals surface area contributed by atoms with Crippen molar-refractivity contribution in [3.63, 3.8) is 0 Å². The Bertz CT molecular complexity index is 484. The van der Waals surface area contributed by atoms with Crippen LogP contribution < -0.4 is 9.47 Å². The Hall–Kier alpha value is -2.23. The van der Waals surface area contributed by atoms with Crippen LogP contribution in [0.1, 0.15) is 16.3 Å². The van der Waals surface area contributed by atoms with E-state index in [1.54, 1.807) is 19.2 Å². The zero-order valence-corrected chi connectivity index (χ0v) is 9.38. The van der Waals surface area contributed by atoms with Gasteiger partial charge in [0, 0.05) is 0 Å². The van der Waals surface area contributed by atoms with Crippen molar-refractivity contribution in [2.45, 2.75) is 6.61 Å². The molecule has 0 N–H and O–H groups in total. The molecule has 88 valence electrons. The summed E-state index contributed by atoms with van der Waals surface area (Å²) in [5.74, 6) is 2.41. The molecule has 0 spiro atoms. The molecule has 0 amide bonds. The number of hydrogen-bond donors (Lipinski definition) is 0. The minimum absolute atomic E-state index is 0.292. The number of methoxy groups -OCH3 is 1. The molecule has 0 fully saturated rings. The average molecular weight is 232 g/mol. The van der Waals surface area contributed by atoms with E-state index >= 15 is 0 Å². The molecule has 1 aromatic heterocycles. The normalized spacial score (nSPS) is 9.94. The Kier molecular flexibility index (Phi) is 3.45. The van der Waals surface area contributed by atoms with Gasteiger partial charge in [0.2, 0.25) is 0 Å². The minimum atomic E-state index is 0.292. The average Bonchev–Trinajstić information content (AvgIpc) is 2.85. The number of ether oxygens (including phenoxy) is 2. The lowest BCUT2D eigenvalue weighted by Crippen LogP contribution is -1.93. The predicted molar refractivity (Wildman–Crippen MR) is 61.4 cm³/mol. The number of carbonyl (C=O) groups excluding carboxylic acids is 1. The third kappa shape index (κ3) is 2.87. The molecular weight excluding hydrogens is 220 g/mol. The second-order valence-corrected chi connectivity index (χ2v) is 3.39. The van der Waals surface area contributed by atoms with E-state index in [2.05, 4.69) is 0 Å². The van der Waals surface area contributed by atoms with Gasteiger partial charge in [-0.05, 0) is 36.4 Å². The first-order valence-corrected chi connectivity index (χ1v) is 5.12. The Balaban J connectivity index is 1.94. The summed E-state index contributed by atoms with van der Waals surface area (Å²) >= 11 is 0. The van der Waals surface area contributed by atoms with E-state index in [0.717, 1.165) is 11.5 Å². The Morgan fingerprint density at radius 1 is 1.12 bits per heavy atom. The van der Waals surface area contributed by atoms with Crippen molar-refractivity contribution in [1.82, 2.24) is 0 Å². The molecule has 2 rings (SSSR count). The molecule has 0 aliphatic rings. The summed E-state index contributed by atoms with van der Waals surface area (Å²) in [5, 5.41) is 0. The lowest BCUT2D eigenvalue weighted by molar-refractivity contribution is 0.109. The van der Waals surface area contributed by atoms with Gasteiger partial charge in [-0.15, -0.1) is 0 Å². The summed E-state index contributed by atoms with van der Waals surface area (Å²) in [6.45, 7) is 0.292. The fraction of sp³-hybridized carbons (Fsp3) is 0.154. The van der Waals surface area contributed by atoms with Gasteiger partial charge in [-0.3, -0.25) is 4.79 Å². The molecule has 2 aromatic rings. The molecule has 0 radical (unpaired) electrons. The van der Waals surface area contributed by atoms with E-state index in [0.29, 0.717) is 24.4 Å². The molecule has 0 aliphatic heterocycles. The fourth-order valence-electron chi connectivity index (χ4n) is 1.36. The van der Waals surface area contributed by atoms with Crippen molar-refractivity contribution in [1.29, 1.82) is 0 Å². The van der Waals surface area contributed by atoms with E-state index in [1.165, 1.54) is 0 Å². The lowest BCUT2D eigenvalue weighted by atomic mass is 10.3. The number of furan rings is 1. The van der Waals surface area contributed by atoms with Crippen molar-refractivity contribution >= 4 is 6.29 Å². The lowest BCUT2D eigenvalue weighted by Gasteiger charge is -2.05. The van der Waals surface area contributed by atoms with E-state index in [9.17, 15) is 4.79 Å². The first-order chi connectivity index (χ1) is 8.31. The first kappa shape index (κ1) is 11.3. The highest BCUT2D eigenvalue weighted by Gasteiger charge is 2.02. The topological polar surface area (TPSA) is 48.7 Å². The highest BCUT2D eigenvalue weighted by molar-refractivity contribution is 5.70. The monoisotopic (exact) mass is 232 g/mol. The van der Waals surface area contributed by atoms with Gasteiger partial charge in [0.1, 0.15) is 23.9 Å². The molecule has 4 heteroatoms. The minimum Gasteiger partial charge on any atom is -0.497 e. The summed E-state index contributed by atoms with van der Waals surface area (Å²) in [6, 6.07) is 10.6. The first-order valence-electron chi connectivity index (χ1n) is 5.12. The smallest absolute Gasteiger partial charge is 0.185 e. The van der Waals surface area contributed by atoms with Crippen molar-refractivity contribution < 1.29 is 18.7 Å².